The van der Waals surface area contributed by atoms with Crippen molar-refractivity contribution in [1.82, 2.24) is 9.80 Å². The second-order valence-corrected chi connectivity index (χ2v) is 11.6. The number of hydrogen-bond acceptors (Lipinski definition) is 5. The van der Waals surface area contributed by atoms with Crippen LogP contribution in [0, 0.1) is 17.8 Å². The Kier molecular flexibility index (Phi) is 7.35. The molecule has 3 unspecified atom stereocenters. The van der Waals surface area contributed by atoms with Crippen molar-refractivity contribution in [2.45, 2.75) is 43.9 Å². The molecule has 0 saturated carbocycles. The Labute approximate surface area is 235 Å². The highest BCUT2D eigenvalue weighted by atomic mass is 16.5. The minimum absolute atomic E-state index is 0.0516. The fourth-order valence-electron chi connectivity index (χ4n) is 7.34. The first-order valence-electron chi connectivity index (χ1n) is 14.0. The molecule has 2 aromatic carbocycles. The van der Waals surface area contributed by atoms with Crippen molar-refractivity contribution in [3.05, 3.63) is 67.8 Å². The van der Waals surface area contributed by atoms with E-state index in [1.165, 1.54) is 0 Å². The van der Waals surface area contributed by atoms with Crippen LogP contribution in [-0.4, -0.2) is 83.2 Å². The number of nitrogens with zero attached hydrogens (tertiary/aromatic N) is 3. The Balaban J connectivity index is 1.61. The third-order valence-electron chi connectivity index (χ3n) is 9.27. The predicted octanol–water partition coefficient (Wildman–Crippen LogP) is 3.40. The van der Waals surface area contributed by atoms with Crippen LogP contribution in [0.25, 0.3) is 10.8 Å². The van der Waals surface area contributed by atoms with Gasteiger partial charge in [0.1, 0.15) is 11.6 Å². The molecular formula is C32H39N3O5. The van der Waals surface area contributed by atoms with E-state index in [1.807, 2.05) is 56.3 Å². The molecule has 1 N–H and O–H groups in total. The van der Waals surface area contributed by atoms with Crippen LogP contribution in [0.1, 0.15) is 26.7 Å². The summed E-state index contributed by atoms with van der Waals surface area (Å²) in [6.07, 6.45) is 4.13. The van der Waals surface area contributed by atoms with Gasteiger partial charge in [0.2, 0.25) is 11.8 Å². The third kappa shape index (κ3) is 4.08. The largest absolute Gasteiger partial charge is 0.396 e. The second kappa shape index (κ2) is 10.5. The number of fused-ring (bicyclic) bond motifs is 2. The summed E-state index contributed by atoms with van der Waals surface area (Å²) in [5.41, 5.74) is -1.34. The van der Waals surface area contributed by atoms with Crippen LogP contribution in [-0.2, 0) is 19.1 Å². The van der Waals surface area contributed by atoms with Gasteiger partial charge in [0.05, 0.1) is 17.4 Å². The highest BCUT2D eigenvalue weighted by Gasteiger charge is 2.80. The van der Waals surface area contributed by atoms with E-state index in [4.69, 9.17) is 4.74 Å². The summed E-state index contributed by atoms with van der Waals surface area (Å²) < 4.78 is 6.82. The lowest BCUT2D eigenvalue weighted by atomic mass is 9.62. The van der Waals surface area contributed by atoms with E-state index in [2.05, 4.69) is 13.2 Å². The lowest BCUT2D eigenvalue weighted by Gasteiger charge is -2.38. The van der Waals surface area contributed by atoms with Gasteiger partial charge < -0.3 is 24.5 Å². The van der Waals surface area contributed by atoms with Gasteiger partial charge in [0.15, 0.2) is 0 Å². The van der Waals surface area contributed by atoms with Crippen LogP contribution in [0.15, 0.2) is 67.8 Å². The number of benzene rings is 2. The van der Waals surface area contributed by atoms with Crippen LogP contribution in [0.2, 0.25) is 0 Å². The lowest BCUT2D eigenvalue weighted by molar-refractivity contribution is -0.150. The SMILES string of the molecule is C=CCN(C)C(=O)[C@H]1[C@H]2C(=O)N(CCCO)C(C(=O)N(CC=C)c3ccc4ccccc4c3)C23CC(C)[C@]1(C)O3. The standard InChI is InChI=1S/C32H39N3O5/c1-6-15-33(5)28(37)25-26-29(38)35(17-10-18-36)27(32(26)20-21(3)31(25,4)40-32)30(39)34(16-7-2)24-14-13-22-11-8-9-12-23(22)19-24/h6-9,11-14,19,21,25-27,36H,1-2,10,15-18,20H2,3-5H3/t21?,25-,26+,27?,31+,32?/m1/s1. The van der Waals surface area contributed by atoms with Crippen molar-refractivity contribution in [1.29, 1.82) is 0 Å². The highest BCUT2D eigenvalue weighted by Crippen LogP contribution is 2.65. The van der Waals surface area contributed by atoms with Gasteiger partial charge in [-0.15, -0.1) is 13.2 Å². The summed E-state index contributed by atoms with van der Waals surface area (Å²) >= 11 is 0. The Hall–Kier alpha value is -3.49. The van der Waals surface area contributed by atoms with Crippen molar-refractivity contribution in [2.75, 3.05) is 38.2 Å². The van der Waals surface area contributed by atoms with Gasteiger partial charge in [0, 0.05) is 39.0 Å². The minimum atomic E-state index is -1.15. The Morgan fingerprint density at radius 2 is 1.82 bits per heavy atom. The summed E-state index contributed by atoms with van der Waals surface area (Å²) in [7, 11) is 1.70. The first-order valence-corrected chi connectivity index (χ1v) is 14.0. The average Bonchev–Trinajstić information content (AvgIpc) is 3.45. The molecule has 0 radical (unpaired) electrons. The first-order chi connectivity index (χ1) is 19.1. The molecule has 0 aliphatic carbocycles. The highest BCUT2D eigenvalue weighted by molar-refractivity contribution is 6.06. The number of aliphatic hydroxyl groups is 1. The monoisotopic (exact) mass is 545 g/mol. The fourth-order valence-corrected chi connectivity index (χ4v) is 7.34. The number of ether oxygens (including phenoxy) is 1. The fraction of sp³-hybridized carbons (Fsp3) is 0.469. The van der Waals surface area contributed by atoms with E-state index in [-0.39, 0.29) is 43.3 Å². The van der Waals surface area contributed by atoms with Crippen LogP contribution in [0.3, 0.4) is 0 Å². The molecule has 1 spiro atoms. The number of aliphatic hydroxyl groups excluding tert-OH is 1. The Morgan fingerprint density at radius 3 is 2.50 bits per heavy atom. The maximum Gasteiger partial charge on any atom is 0.253 e. The van der Waals surface area contributed by atoms with E-state index in [9.17, 15) is 19.5 Å². The molecule has 3 fully saturated rings. The zero-order valence-electron chi connectivity index (χ0n) is 23.6. The van der Waals surface area contributed by atoms with Crippen molar-refractivity contribution in [2.24, 2.45) is 17.8 Å². The van der Waals surface area contributed by atoms with E-state index >= 15 is 0 Å². The van der Waals surface area contributed by atoms with Gasteiger partial charge in [-0.1, -0.05) is 49.4 Å². The van der Waals surface area contributed by atoms with Crippen molar-refractivity contribution in [3.8, 4) is 0 Å². The quantitative estimate of drug-likeness (QED) is 0.463. The van der Waals surface area contributed by atoms with Crippen molar-refractivity contribution in [3.63, 3.8) is 0 Å². The van der Waals surface area contributed by atoms with E-state index in [0.717, 1.165) is 10.8 Å². The molecule has 3 saturated heterocycles. The summed E-state index contributed by atoms with van der Waals surface area (Å²) in [4.78, 5) is 47.5. The molecule has 3 amide bonds. The number of likely N-dealkylation sites (tertiary alicyclic amines) is 1. The van der Waals surface area contributed by atoms with E-state index in [1.54, 1.807) is 33.9 Å². The molecule has 212 valence electrons. The molecular weight excluding hydrogens is 506 g/mol. The smallest absolute Gasteiger partial charge is 0.253 e. The molecule has 6 atom stereocenters. The topological polar surface area (TPSA) is 90.4 Å². The van der Waals surface area contributed by atoms with Gasteiger partial charge in [-0.05, 0) is 48.6 Å². The Bertz CT molecular complexity index is 1360. The zero-order chi connectivity index (χ0) is 28.8. The van der Waals surface area contributed by atoms with Gasteiger partial charge in [-0.25, -0.2) is 0 Å². The number of amides is 3. The molecule has 2 aromatic rings. The Morgan fingerprint density at radius 1 is 1.12 bits per heavy atom. The normalized spacial score (nSPS) is 30.4. The van der Waals surface area contributed by atoms with Gasteiger partial charge in [0.25, 0.3) is 5.91 Å². The first kappa shape index (κ1) is 28.1. The number of anilines is 1. The lowest BCUT2D eigenvalue weighted by Crippen LogP contribution is -2.57. The molecule has 2 bridgehead atoms. The average molecular weight is 546 g/mol. The maximum absolute atomic E-state index is 14.7. The predicted molar refractivity (Wildman–Crippen MR) is 155 cm³/mol. The van der Waals surface area contributed by atoms with Gasteiger partial charge >= 0.3 is 0 Å². The summed E-state index contributed by atoms with van der Waals surface area (Å²) in [5, 5.41) is 11.7. The number of carbonyl (C=O) groups excluding carboxylic acids is 3. The van der Waals surface area contributed by atoms with E-state index in [0.29, 0.717) is 25.1 Å². The van der Waals surface area contributed by atoms with Gasteiger partial charge in [-0.2, -0.15) is 0 Å². The number of likely N-dealkylation sites (N-methyl/N-ethyl adjacent to an activating group) is 1. The minimum Gasteiger partial charge on any atom is -0.396 e. The molecule has 3 heterocycles. The number of carbonyl (C=O) groups is 3. The molecule has 40 heavy (non-hydrogen) atoms. The molecule has 3 aliphatic rings. The molecule has 3 aliphatic heterocycles. The van der Waals surface area contributed by atoms with Crippen molar-refractivity contribution >= 4 is 34.2 Å². The molecule has 8 nitrogen and oxygen atoms in total. The third-order valence-corrected chi connectivity index (χ3v) is 9.27. The summed E-state index contributed by atoms with van der Waals surface area (Å²) in [6.45, 7) is 12.3. The van der Waals surface area contributed by atoms with Crippen LogP contribution >= 0.6 is 0 Å². The van der Waals surface area contributed by atoms with E-state index < -0.39 is 29.1 Å². The summed E-state index contributed by atoms with van der Waals surface area (Å²) in [5.74, 6) is -2.27. The molecule has 0 aromatic heterocycles. The van der Waals surface area contributed by atoms with Crippen LogP contribution in [0.5, 0.6) is 0 Å². The second-order valence-electron chi connectivity index (χ2n) is 11.6. The summed E-state index contributed by atoms with van der Waals surface area (Å²) in [6, 6.07) is 12.8. The molecule has 8 heteroatoms. The number of rotatable bonds is 10. The van der Waals surface area contributed by atoms with Crippen LogP contribution in [0.4, 0.5) is 5.69 Å². The zero-order valence-corrected chi connectivity index (χ0v) is 23.6. The van der Waals surface area contributed by atoms with Gasteiger partial charge in [-0.3, -0.25) is 14.4 Å². The van der Waals surface area contributed by atoms with Crippen molar-refractivity contribution < 1.29 is 24.2 Å². The maximum atomic E-state index is 14.7. The molecule has 5 rings (SSSR count). The van der Waals surface area contributed by atoms with Crippen LogP contribution < -0.4 is 4.90 Å². The number of hydrogen-bond donors (Lipinski definition) is 1.